The highest BCUT2D eigenvalue weighted by molar-refractivity contribution is 9.10. The first-order valence-electron chi connectivity index (χ1n) is 8.55. The molecule has 0 amide bonds. The van der Waals surface area contributed by atoms with E-state index in [4.69, 9.17) is 10.3 Å². The van der Waals surface area contributed by atoms with Gasteiger partial charge < -0.3 is 19.7 Å². The maximum Gasteiger partial charge on any atom is 0.293 e. The van der Waals surface area contributed by atoms with E-state index < -0.39 is 16.8 Å². The number of benzene rings is 1. The third-order valence-corrected chi connectivity index (χ3v) is 5.99. The summed E-state index contributed by atoms with van der Waals surface area (Å²) in [6.45, 7) is 1.20. The number of anilines is 1. The molecule has 0 bridgehead atoms. The molecule has 0 radical (unpaired) electrons. The second-order valence-corrected chi connectivity index (χ2v) is 7.85. The molecule has 136 valence electrons. The molecular formula is C17H16BrFN4O3. The summed E-state index contributed by atoms with van der Waals surface area (Å²) in [4.78, 5) is 26.8. The van der Waals surface area contributed by atoms with Gasteiger partial charge >= 0.3 is 0 Å². The van der Waals surface area contributed by atoms with Gasteiger partial charge in [-0.25, -0.2) is 4.39 Å². The van der Waals surface area contributed by atoms with Gasteiger partial charge in [0.1, 0.15) is 5.82 Å². The third-order valence-electron chi connectivity index (χ3n) is 5.23. The Morgan fingerprint density at radius 1 is 1.31 bits per heavy atom. The first-order chi connectivity index (χ1) is 12.5. The first-order valence-corrected chi connectivity index (χ1v) is 9.34. The van der Waals surface area contributed by atoms with E-state index >= 15 is 0 Å². The number of fused-ring (bicyclic) bond motifs is 2. The molecule has 2 aliphatic rings. The number of nitrogens with one attached hydrogen (secondary N) is 1. The lowest BCUT2D eigenvalue weighted by Crippen LogP contribution is -2.27. The monoisotopic (exact) mass is 422 g/mol. The standard InChI is InChI=1S/C17H16BrFN4O3/c18-12-13-9(5-10(19)14(12)22-4-3-7(20)6-22)15(24)11-16(25)21-26-17(11)23(13)8-1-2-8/h5,7-8H,1-4,6,20H2,(H,21,25). The Balaban J connectivity index is 1.92. The number of nitrogens with two attached hydrogens (primary N) is 1. The first kappa shape index (κ1) is 16.1. The number of aromatic nitrogens is 2. The van der Waals surface area contributed by atoms with Crippen LogP contribution in [0.3, 0.4) is 0 Å². The minimum absolute atomic E-state index is 0.00667. The average molecular weight is 423 g/mol. The van der Waals surface area contributed by atoms with Crippen molar-refractivity contribution < 1.29 is 8.91 Å². The van der Waals surface area contributed by atoms with E-state index in [0.29, 0.717) is 28.8 Å². The molecule has 3 aromatic rings. The zero-order chi connectivity index (χ0) is 18.2. The summed E-state index contributed by atoms with van der Waals surface area (Å²) in [5, 5.41) is 2.35. The van der Waals surface area contributed by atoms with E-state index in [-0.39, 0.29) is 28.6 Å². The van der Waals surface area contributed by atoms with Gasteiger partial charge in [0.05, 0.1) is 21.1 Å². The number of halogens is 2. The molecule has 5 rings (SSSR count). The van der Waals surface area contributed by atoms with Crippen molar-refractivity contribution >= 4 is 43.6 Å². The van der Waals surface area contributed by atoms with Crippen LogP contribution in [0.5, 0.6) is 0 Å². The molecule has 1 unspecified atom stereocenters. The van der Waals surface area contributed by atoms with Gasteiger partial charge in [0.25, 0.3) is 5.56 Å². The van der Waals surface area contributed by atoms with E-state index in [2.05, 4.69) is 21.1 Å². The fraction of sp³-hybridized carbons (Fsp3) is 0.412. The maximum absolute atomic E-state index is 14.9. The van der Waals surface area contributed by atoms with Crippen molar-refractivity contribution in [2.24, 2.45) is 5.73 Å². The van der Waals surface area contributed by atoms with Crippen LogP contribution >= 0.6 is 15.9 Å². The van der Waals surface area contributed by atoms with Crippen LogP contribution in [0.25, 0.3) is 22.0 Å². The van der Waals surface area contributed by atoms with Crippen molar-refractivity contribution in [3.8, 4) is 0 Å². The van der Waals surface area contributed by atoms with Crippen LogP contribution < -0.4 is 21.6 Å². The summed E-state index contributed by atoms with van der Waals surface area (Å²) in [6.07, 6.45) is 2.61. The summed E-state index contributed by atoms with van der Waals surface area (Å²) in [5.74, 6) is -0.503. The number of nitrogens with zero attached hydrogens (tertiary/aromatic N) is 2. The average Bonchev–Trinajstić information content (AvgIpc) is 3.23. The Hall–Kier alpha value is -2.13. The smallest absolute Gasteiger partial charge is 0.293 e. The van der Waals surface area contributed by atoms with Gasteiger partial charge in [0, 0.05) is 25.2 Å². The molecule has 1 aliphatic heterocycles. The summed E-state index contributed by atoms with van der Waals surface area (Å²) >= 11 is 3.52. The highest BCUT2D eigenvalue weighted by atomic mass is 79.9. The van der Waals surface area contributed by atoms with Crippen molar-refractivity contribution in [3.05, 3.63) is 36.9 Å². The summed E-state index contributed by atoms with van der Waals surface area (Å²) in [5.41, 5.74) is 6.04. The lowest BCUT2D eigenvalue weighted by atomic mass is 10.1. The molecular weight excluding hydrogens is 407 g/mol. The molecule has 1 saturated carbocycles. The Morgan fingerprint density at radius 2 is 2.08 bits per heavy atom. The molecule has 1 saturated heterocycles. The summed E-state index contributed by atoms with van der Waals surface area (Å²) in [7, 11) is 0. The molecule has 2 aromatic heterocycles. The highest BCUT2D eigenvalue weighted by Crippen LogP contribution is 2.44. The van der Waals surface area contributed by atoms with E-state index in [1.807, 2.05) is 9.47 Å². The zero-order valence-corrected chi connectivity index (χ0v) is 15.3. The number of hydrogen-bond donors (Lipinski definition) is 2. The molecule has 7 nitrogen and oxygen atoms in total. The fourth-order valence-electron chi connectivity index (χ4n) is 3.87. The van der Waals surface area contributed by atoms with Crippen molar-refractivity contribution in [2.45, 2.75) is 31.3 Å². The van der Waals surface area contributed by atoms with Crippen LogP contribution in [-0.4, -0.2) is 28.9 Å². The van der Waals surface area contributed by atoms with Crippen LogP contribution in [-0.2, 0) is 0 Å². The Labute approximate surface area is 154 Å². The predicted octanol–water partition coefficient (Wildman–Crippen LogP) is 2.21. The van der Waals surface area contributed by atoms with Crippen molar-refractivity contribution in [1.82, 2.24) is 9.72 Å². The van der Waals surface area contributed by atoms with Gasteiger partial charge in [-0.3, -0.25) is 9.59 Å². The Kier molecular flexibility index (Phi) is 3.36. The molecule has 1 aromatic carbocycles. The minimum atomic E-state index is -0.590. The third kappa shape index (κ3) is 2.13. The summed E-state index contributed by atoms with van der Waals surface area (Å²) < 4.78 is 22.6. The second kappa shape index (κ2) is 5.43. The largest absolute Gasteiger partial charge is 0.367 e. The van der Waals surface area contributed by atoms with Gasteiger partial charge in [-0.2, -0.15) is 5.16 Å². The topological polar surface area (TPSA) is 97.3 Å². The van der Waals surface area contributed by atoms with E-state index in [1.54, 1.807) is 0 Å². The molecule has 2 fully saturated rings. The van der Waals surface area contributed by atoms with Crippen LogP contribution in [0.2, 0.25) is 0 Å². The lowest BCUT2D eigenvalue weighted by molar-refractivity contribution is 0.428. The maximum atomic E-state index is 14.9. The zero-order valence-electron chi connectivity index (χ0n) is 13.7. The van der Waals surface area contributed by atoms with Crippen LogP contribution in [0.4, 0.5) is 10.1 Å². The van der Waals surface area contributed by atoms with Gasteiger partial charge in [-0.05, 0) is 41.3 Å². The van der Waals surface area contributed by atoms with Gasteiger partial charge in [-0.1, -0.05) is 0 Å². The SMILES string of the molecule is NC1CCN(c2c(F)cc3c(=O)c4c(=O)[nH]oc4n(C4CC4)c3c2Br)C1. The van der Waals surface area contributed by atoms with Crippen LogP contribution in [0, 0.1) is 5.82 Å². The predicted molar refractivity (Wildman–Crippen MR) is 99.3 cm³/mol. The van der Waals surface area contributed by atoms with Crippen LogP contribution in [0.1, 0.15) is 25.3 Å². The van der Waals surface area contributed by atoms with Crippen molar-refractivity contribution in [1.29, 1.82) is 0 Å². The van der Waals surface area contributed by atoms with Gasteiger partial charge in [0.2, 0.25) is 11.1 Å². The van der Waals surface area contributed by atoms with E-state index in [0.717, 1.165) is 19.3 Å². The Morgan fingerprint density at radius 3 is 2.73 bits per heavy atom. The van der Waals surface area contributed by atoms with Crippen molar-refractivity contribution in [2.75, 3.05) is 18.0 Å². The lowest BCUT2D eigenvalue weighted by Gasteiger charge is -2.23. The highest BCUT2D eigenvalue weighted by Gasteiger charge is 2.33. The second-order valence-electron chi connectivity index (χ2n) is 7.06. The molecule has 26 heavy (non-hydrogen) atoms. The molecule has 3 heterocycles. The molecule has 3 N–H and O–H groups in total. The van der Waals surface area contributed by atoms with Gasteiger partial charge in [0.15, 0.2) is 5.39 Å². The Bertz CT molecular complexity index is 1180. The molecule has 0 spiro atoms. The van der Waals surface area contributed by atoms with Gasteiger partial charge in [-0.15, -0.1) is 0 Å². The van der Waals surface area contributed by atoms with Crippen molar-refractivity contribution in [3.63, 3.8) is 0 Å². The fourth-order valence-corrected chi connectivity index (χ4v) is 4.71. The van der Waals surface area contributed by atoms with E-state index in [1.165, 1.54) is 6.07 Å². The van der Waals surface area contributed by atoms with E-state index in [9.17, 15) is 14.0 Å². The number of H-pyrrole nitrogens is 1. The van der Waals surface area contributed by atoms with Crippen LogP contribution in [0.15, 0.2) is 24.7 Å². The molecule has 9 heteroatoms. The quantitative estimate of drug-likeness (QED) is 0.659. The molecule has 1 atom stereocenters. The number of aromatic amines is 1. The number of pyridine rings is 1. The number of rotatable bonds is 2. The normalized spacial score (nSPS) is 20.6. The summed E-state index contributed by atoms with van der Waals surface area (Å²) in [6, 6.07) is 1.34. The number of hydrogen-bond acceptors (Lipinski definition) is 5. The molecule has 1 aliphatic carbocycles. The minimum Gasteiger partial charge on any atom is -0.367 e.